The molecule has 3 heteroatoms. The van der Waals surface area contributed by atoms with Crippen LogP contribution in [-0.2, 0) is 4.74 Å². The lowest BCUT2D eigenvalue weighted by Crippen LogP contribution is -2.45. The van der Waals surface area contributed by atoms with Crippen molar-refractivity contribution >= 4 is 0 Å². The Kier molecular flexibility index (Phi) is 6.70. The third-order valence-corrected chi connectivity index (χ3v) is 4.25. The summed E-state index contributed by atoms with van der Waals surface area (Å²) in [7, 11) is 0. The highest BCUT2D eigenvalue weighted by molar-refractivity contribution is 5.11. The van der Waals surface area contributed by atoms with Crippen LogP contribution in [0.3, 0.4) is 0 Å². The molecule has 2 fully saturated rings. The van der Waals surface area contributed by atoms with Crippen LogP contribution < -0.4 is 0 Å². The highest BCUT2D eigenvalue weighted by Crippen LogP contribution is 2.30. The maximum Gasteiger partial charge on any atom is 0.0744 e. The minimum absolute atomic E-state index is 0.289. The second-order valence-corrected chi connectivity index (χ2v) is 5.64. The van der Waals surface area contributed by atoms with Gasteiger partial charge in [-0.05, 0) is 31.6 Å². The van der Waals surface area contributed by atoms with E-state index in [4.69, 9.17) is 9.84 Å². The van der Waals surface area contributed by atoms with Crippen LogP contribution in [0.15, 0.2) is 0 Å². The van der Waals surface area contributed by atoms with Crippen molar-refractivity contribution in [1.29, 1.82) is 0 Å². The summed E-state index contributed by atoms with van der Waals surface area (Å²) in [5.41, 5.74) is 0. The number of aliphatic hydroxyl groups excluding tert-OH is 1. The predicted octanol–water partition coefficient (Wildman–Crippen LogP) is 2.04. The summed E-state index contributed by atoms with van der Waals surface area (Å²) >= 11 is 0. The molecule has 1 saturated heterocycles. The van der Waals surface area contributed by atoms with E-state index in [-0.39, 0.29) is 6.61 Å². The lowest BCUT2D eigenvalue weighted by atomic mass is 9.96. The average molecular weight is 265 g/mol. The molecule has 0 bridgehead atoms. The number of aliphatic hydroxyl groups is 1. The van der Waals surface area contributed by atoms with Gasteiger partial charge < -0.3 is 9.84 Å². The van der Waals surface area contributed by atoms with E-state index >= 15 is 0 Å². The van der Waals surface area contributed by atoms with Crippen LogP contribution in [0.4, 0.5) is 0 Å². The lowest BCUT2D eigenvalue weighted by molar-refractivity contribution is 0.0169. The van der Waals surface area contributed by atoms with Gasteiger partial charge in [0.1, 0.15) is 0 Å². The summed E-state index contributed by atoms with van der Waals surface area (Å²) in [4.78, 5) is 2.53. The summed E-state index contributed by atoms with van der Waals surface area (Å²) in [5.74, 6) is 7.65. The van der Waals surface area contributed by atoms with E-state index in [9.17, 15) is 0 Å². The van der Waals surface area contributed by atoms with E-state index in [0.717, 1.165) is 51.5 Å². The summed E-state index contributed by atoms with van der Waals surface area (Å²) < 4.78 is 5.45. The van der Waals surface area contributed by atoms with Gasteiger partial charge in [-0.3, -0.25) is 4.90 Å². The maximum absolute atomic E-state index is 8.78. The Hall–Kier alpha value is -0.560. The van der Waals surface area contributed by atoms with E-state index in [1.165, 1.54) is 25.7 Å². The molecule has 1 aliphatic carbocycles. The zero-order valence-electron chi connectivity index (χ0n) is 11.9. The molecule has 2 aliphatic rings. The van der Waals surface area contributed by atoms with Gasteiger partial charge in [-0.15, -0.1) is 5.92 Å². The molecule has 0 aromatic heterocycles. The van der Waals surface area contributed by atoms with Crippen LogP contribution in [0.1, 0.15) is 44.9 Å². The van der Waals surface area contributed by atoms with Gasteiger partial charge in [0, 0.05) is 26.1 Å². The van der Waals surface area contributed by atoms with Gasteiger partial charge in [-0.2, -0.15) is 0 Å². The second kappa shape index (κ2) is 8.58. The fourth-order valence-corrected chi connectivity index (χ4v) is 3.14. The fourth-order valence-electron chi connectivity index (χ4n) is 3.14. The molecule has 1 saturated carbocycles. The smallest absolute Gasteiger partial charge is 0.0744 e. The van der Waals surface area contributed by atoms with Crippen LogP contribution in [0.25, 0.3) is 0 Å². The van der Waals surface area contributed by atoms with E-state index < -0.39 is 0 Å². The van der Waals surface area contributed by atoms with Gasteiger partial charge in [-0.25, -0.2) is 0 Å². The zero-order chi connectivity index (χ0) is 13.3. The van der Waals surface area contributed by atoms with Crippen LogP contribution in [0, 0.1) is 17.8 Å². The standard InChI is InChI=1S/C16H27NO2/c18-12-6-2-1-3-9-16(15-7-4-5-8-15)17-10-13-19-14-11-17/h15-16,18H,1-2,4-8,10-14H2. The Bertz CT molecular complexity index is 296. The largest absolute Gasteiger partial charge is 0.396 e. The normalized spacial score (nSPS) is 23.0. The van der Waals surface area contributed by atoms with Gasteiger partial charge in [-0.1, -0.05) is 18.8 Å². The van der Waals surface area contributed by atoms with Gasteiger partial charge in [0.25, 0.3) is 0 Å². The SMILES string of the molecule is OCCCCC#CC(C1CCCC1)N1CCOCC1. The molecule has 108 valence electrons. The molecule has 3 nitrogen and oxygen atoms in total. The van der Waals surface area contributed by atoms with Crippen molar-refractivity contribution in [2.45, 2.75) is 51.0 Å². The highest BCUT2D eigenvalue weighted by Gasteiger charge is 2.29. The van der Waals surface area contributed by atoms with Crippen molar-refractivity contribution in [2.75, 3.05) is 32.9 Å². The van der Waals surface area contributed by atoms with Crippen LogP contribution in [-0.4, -0.2) is 49.0 Å². The Labute approximate surface area is 117 Å². The van der Waals surface area contributed by atoms with Crippen LogP contribution in [0.2, 0.25) is 0 Å². The molecule has 2 rings (SSSR count). The molecule has 0 aromatic carbocycles. The molecule has 1 heterocycles. The molecular formula is C16H27NO2. The molecule has 1 unspecified atom stereocenters. The number of hydrogen-bond donors (Lipinski definition) is 1. The Balaban J connectivity index is 1.88. The van der Waals surface area contributed by atoms with Crippen LogP contribution >= 0.6 is 0 Å². The number of morpholine rings is 1. The summed E-state index contributed by atoms with van der Waals surface area (Å²) in [6.07, 6.45) is 8.24. The Morgan fingerprint density at radius 1 is 1.16 bits per heavy atom. The molecule has 19 heavy (non-hydrogen) atoms. The fraction of sp³-hybridized carbons (Fsp3) is 0.875. The lowest BCUT2D eigenvalue weighted by Gasteiger charge is -2.34. The first-order valence-electron chi connectivity index (χ1n) is 7.83. The van der Waals surface area contributed by atoms with Crippen molar-refractivity contribution in [3.05, 3.63) is 0 Å². The van der Waals surface area contributed by atoms with Gasteiger partial charge in [0.05, 0.1) is 19.3 Å². The second-order valence-electron chi connectivity index (χ2n) is 5.64. The van der Waals surface area contributed by atoms with E-state index in [1.807, 2.05) is 0 Å². The first-order chi connectivity index (χ1) is 9.42. The minimum Gasteiger partial charge on any atom is -0.396 e. The zero-order valence-corrected chi connectivity index (χ0v) is 11.9. The van der Waals surface area contributed by atoms with Crippen molar-refractivity contribution in [3.63, 3.8) is 0 Å². The average Bonchev–Trinajstić information content (AvgIpc) is 2.98. The molecule has 0 radical (unpaired) electrons. The third-order valence-electron chi connectivity index (χ3n) is 4.25. The Morgan fingerprint density at radius 2 is 1.89 bits per heavy atom. The Morgan fingerprint density at radius 3 is 2.58 bits per heavy atom. The topological polar surface area (TPSA) is 32.7 Å². The van der Waals surface area contributed by atoms with Gasteiger partial charge in [0.15, 0.2) is 0 Å². The molecule has 0 aromatic rings. The maximum atomic E-state index is 8.78. The summed E-state index contributed by atoms with van der Waals surface area (Å²) in [6, 6.07) is 0.445. The summed E-state index contributed by atoms with van der Waals surface area (Å²) in [6.45, 7) is 4.07. The molecule has 1 atom stereocenters. The third kappa shape index (κ3) is 4.80. The summed E-state index contributed by atoms with van der Waals surface area (Å²) in [5, 5.41) is 8.78. The molecule has 0 amide bonds. The molecule has 1 aliphatic heterocycles. The van der Waals surface area contributed by atoms with E-state index in [1.54, 1.807) is 0 Å². The number of ether oxygens (including phenoxy) is 1. The van der Waals surface area contributed by atoms with Gasteiger partial charge in [0.2, 0.25) is 0 Å². The first-order valence-corrected chi connectivity index (χ1v) is 7.83. The van der Waals surface area contributed by atoms with Crippen molar-refractivity contribution in [2.24, 2.45) is 5.92 Å². The number of rotatable bonds is 5. The molecular weight excluding hydrogens is 238 g/mol. The monoisotopic (exact) mass is 265 g/mol. The number of nitrogens with zero attached hydrogens (tertiary/aromatic N) is 1. The van der Waals surface area contributed by atoms with Crippen LogP contribution in [0.5, 0.6) is 0 Å². The van der Waals surface area contributed by atoms with E-state index in [2.05, 4.69) is 16.7 Å². The molecule has 0 spiro atoms. The molecule has 1 N–H and O–H groups in total. The minimum atomic E-state index is 0.289. The van der Waals surface area contributed by atoms with E-state index in [0.29, 0.717) is 6.04 Å². The predicted molar refractivity (Wildman–Crippen MR) is 76.9 cm³/mol. The number of hydrogen-bond acceptors (Lipinski definition) is 3. The first kappa shape index (κ1) is 14.8. The van der Waals surface area contributed by atoms with Crippen molar-refractivity contribution in [3.8, 4) is 11.8 Å². The number of unbranched alkanes of at least 4 members (excludes halogenated alkanes) is 2. The quantitative estimate of drug-likeness (QED) is 0.610. The highest BCUT2D eigenvalue weighted by atomic mass is 16.5. The van der Waals surface area contributed by atoms with Gasteiger partial charge >= 0.3 is 0 Å². The van der Waals surface area contributed by atoms with Crippen molar-refractivity contribution in [1.82, 2.24) is 4.90 Å². The van der Waals surface area contributed by atoms with Crippen molar-refractivity contribution < 1.29 is 9.84 Å².